The Kier molecular flexibility index (Phi) is 2.91. The number of anilines is 1. The molecule has 0 aliphatic heterocycles. The van der Waals surface area contributed by atoms with Gasteiger partial charge in [-0.3, -0.25) is 9.89 Å². The third-order valence-electron chi connectivity index (χ3n) is 2.50. The highest BCUT2D eigenvalue weighted by Gasteiger charge is 2.14. The van der Waals surface area contributed by atoms with Crippen LogP contribution in [0.25, 0.3) is 0 Å². The van der Waals surface area contributed by atoms with E-state index in [1.807, 2.05) is 0 Å². The van der Waals surface area contributed by atoms with Crippen molar-refractivity contribution in [3.05, 3.63) is 46.9 Å². The van der Waals surface area contributed by atoms with Gasteiger partial charge in [0.1, 0.15) is 11.6 Å². The van der Waals surface area contributed by atoms with E-state index in [4.69, 9.17) is 0 Å². The van der Waals surface area contributed by atoms with E-state index in [9.17, 15) is 9.18 Å². The smallest absolute Gasteiger partial charge is 0.259 e. The van der Waals surface area contributed by atoms with Gasteiger partial charge in [-0.25, -0.2) is 4.39 Å². The van der Waals surface area contributed by atoms with Crippen molar-refractivity contribution >= 4 is 11.7 Å². The van der Waals surface area contributed by atoms with Crippen LogP contribution in [0.1, 0.15) is 21.5 Å². The van der Waals surface area contributed by atoms with E-state index in [1.165, 1.54) is 6.07 Å². The number of H-pyrrole nitrogens is 1. The molecule has 2 N–H and O–H groups in total. The molecule has 0 saturated heterocycles. The lowest BCUT2D eigenvalue weighted by Crippen LogP contribution is -2.15. The van der Waals surface area contributed by atoms with Gasteiger partial charge in [0.15, 0.2) is 0 Å². The Morgan fingerprint density at radius 2 is 2.12 bits per heavy atom. The number of aromatic nitrogens is 2. The maximum atomic E-state index is 13.7. The molecule has 0 aliphatic rings. The summed E-state index contributed by atoms with van der Waals surface area (Å²) in [5.74, 6) is -0.503. The average molecular weight is 233 g/mol. The van der Waals surface area contributed by atoms with Crippen molar-refractivity contribution in [2.24, 2.45) is 0 Å². The molecule has 1 amide bonds. The van der Waals surface area contributed by atoms with Gasteiger partial charge in [-0.05, 0) is 25.5 Å². The van der Waals surface area contributed by atoms with Gasteiger partial charge in [-0.2, -0.15) is 5.10 Å². The quantitative estimate of drug-likeness (QED) is 0.836. The normalized spacial score (nSPS) is 10.3. The van der Waals surface area contributed by atoms with Crippen LogP contribution in [0.5, 0.6) is 0 Å². The van der Waals surface area contributed by atoms with Crippen LogP contribution in [0.2, 0.25) is 0 Å². The van der Waals surface area contributed by atoms with Gasteiger partial charge in [-0.1, -0.05) is 12.1 Å². The van der Waals surface area contributed by atoms with Crippen molar-refractivity contribution in [2.45, 2.75) is 13.8 Å². The average Bonchev–Trinajstić information content (AvgIpc) is 2.68. The van der Waals surface area contributed by atoms with Gasteiger partial charge in [0.25, 0.3) is 5.91 Å². The fourth-order valence-corrected chi connectivity index (χ4v) is 1.48. The summed E-state index contributed by atoms with van der Waals surface area (Å²) >= 11 is 0. The van der Waals surface area contributed by atoms with Crippen LogP contribution >= 0.6 is 0 Å². The van der Waals surface area contributed by atoms with E-state index >= 15 is 0 Å². The Labute approximate surface area is 97.9 Å². The van der Waals surface area contributed by atoms with Gasteiger partial charge in [0, 0.05) is 5.56 Å². The van der Waals surface area contributed by atoms with E-state index in [1.54, 1.807) is 32.2 Å². The van der Waals surface area contributed by atoms with E-state index in [0.717, 1.165) is 5.56 Å². The predicted molar refractivity (Wildman–Crippen MR) is 62.4 cm³/mol. The molecule has 88 valence electrons. The number of hydrogen-bond acceptors (Lipinski definition) is 2. The molecule has 0 spiro atoms. The molecule has 2 aromatic rings. The van der Waals surface area contributed by atoms with Crippen LogP contribution in [0.15, 0.2) is 24.4 Å². The number of amides is 1. The first-order valence-electron chi connectivity index (χ1n) is 5.16. The van der Waals surface area contributed by atoms with E-state index in [2.05, 4.69) is 15.5 Å². The first-order chi connectivity index (χ1) is 8.09. The highest BCUT2D eigenvalue weighted by molar-refractivity contribution is 6.04. The summed E-state index contributed by atoms with van der Waals surface area (Å²) in [5.41, 5.74) is 1.27. The van der Waals surface area contributed by atoms with Crippen LogP contribution < -0.4 is 5.32 Å². The maximum absolute atomic E-state index is 13.7. The second kappa shape index (κ2) is 4.37. The second-order valence-electron chi connectivity index (χ2n) is 3.82. The number of aromatic amines is 1. The minimum Gasteiger partial charge on any atom is -0.307 e. The zero-order chi connectivity index (χ0) is 12.4. The number of carbonyl (C=O) groups excluding carboxylic acids is 1. The summed E-state index contributed by atoms with van der Waals surface area (Å²) in [7, 11) is 0. The monoisotopic (exact) mass is 233 g/mol. The number of benzene rings is 1. The molecule has 17 heavy (non-hydrogen) atoms. The highest BCUT2D eigenvalue weighted by Crippen LogP contribution is 2.15. The predicted octanol–water partition coefficient (Wildman–Crippen LogP) is 2.42. The fourth-order valence-electron chi connectivity index (χ4n) is 1.48. The van der Waals surface area contributed by atoms with Crippen LogP contribution in [0.3, 0.4) is 0 Å². The molecule has 0 atom stereocenters. The van der Waals surface area contributed by atoms with Gasteiger partial charge in [0.05, 0.1) is 11.8 Å². The van der Waals surface area contributed by atoms with Crippen LogP contribution in [0.4, 0.5) is 10.2 Å². The van der Waals surface area contributed by atoms with E-state index in [-0.39, 0.29) is 5.56 Å². The first-order valence-corrected chi connectivity index (χ1v) is 5.16. The third-order valence-corrected chi connectivity index (χ3v) is 2.50. The number of nitrogens with zero attached hydrogens (tertiary/aromatic N) is 1. The van der Waals surface area contributed by atoms with Crippen LogP contribution in [-0.2, 0) is 0 Å². The second-order valence-corrected chi connectivity index (χ2v) is 3.82. The molecule has 0 bridgehead atoms. The van der Waals surface area contributed by atoms with Gasteiger partial charge >= 0.3 is 0 Å². The zero-order valence-corrected chi connectivity index (χ0v) is 9.54. The summed E-state index contributed by atoms with van der Waals surface area (Å²) in [6.45, 7) is 3.42. The molecule has 0 saturated carbocycles. The Morgan fingerprint density at radius 3 is 2.76 bits per heavy atom. The Morgan fingerprint density at radius 1 is 1.35 bits per heavy atom. The largest absolute Gasteiger partial charge is 0.307 e. The van der Waals surface area contributed by atoms with Crippen molar-refractivity contribution in [3.8, 4) is 0 Å². The number of carbonyl (C=O) groups is 1. The maximum Gasteiger partial charge on any atom is 0.259 e. The number of hydrogen-bond donors (Lipinski definition) is 2. The van der Waals surface area contributed by atoms with E-state index in [0.29, 0.717) is 11.4 Å². The molecule has 1 aromatic carbocycles. The minimum absolute atomic E-state index is 0.0269. The van der Waals surface area contributed by atoms with Crippen LogP contribution in [0, 0.1) is 19.7 Å². The summed E-state index contributed by atoms with van der Waals surface area (Å²) in [6, 6.07) is 4.71. The van der Waals surface area contributed by atoms with Crippen molar-refractivity contribution in [1.82, 2.24) is 10.2 Å². The molecule has 4 nitrogen and oxygen atoms in total. The lowest BCUT2D eigenvalue weighted by molar-refractivity contribution is 0.102. The molecule has 0 radical (unpaired) electrons. The molecule has 1 heterocycles. The number of nitrogens with one attached hydrogen (secondary N) is 2. The van der Waals surface area contributed by atoms with Crippen molar-refractivity contribution in [1.29, 1.82) is 0 Å². The Balaban J connectivity index is 2.27. The Hall–Kier alpha value is -2.17. The Bertz CT molecular complexity index is 563. The summed E-state index contributed by atoms with van der Waals surface area (Å²) in [5, 5.41) is 8.99. The summed E-state index contributed by atoms with van der Waals surface area (Å²) < 4.78 is 13.7. The summed E-state index contributed by atoms with van der Waals surface area (Å²) in [4.78, 5) is 11.8. The molecule has 1 aromatic heterocycles. The molecule has 0 unspecified atom stereocenters. The van der Waals surface area contributed by atoms with Crippen molar-refractivity contribution < 1.29 is 9.18 Å². The van der Waals surface area contributed by atoms with Gasteiger partial charge < -0.3 is 5.32 Å². The van der Waals surface area contributed by atoms with Crippen molar-refractivity contribution in [2.75, 3.05) is 5.32 Å². The fraction of sp³-hybridized carbons (Fsp3) is 0.167. The van der Waals surface area contributed by atoms with Crippen LogP contribution in [-0.4, -0.2) is 16.1 Å². The minimum atomic E-state index is -0.498. The highest BCUT2D eigenvalue weighted by atomic mass is 19.1. The lowest BCUT2D eigenvalue weighted by atomic mass is 10.1. The lowest BCUT2D eigenvalue weighted by Gasteiger charge is -2.06. The zero-order valence-electron chi connectivity index (χ0n) is 9.54. The molecule has 0 aliphatic carbocycles. The SMILES string of the molecule is Cc1cn[nH]c1NC(=O)c1cccc(C)c1F. The molecular formula is C12H12FN3O. The topological polar surface area (TPSA) is 57.8 Å². The first kappa shape index (κ1) is 11.3. The number of aryl methyl sites for hydroxylation is 2. The van der Waals surface area contributed by atoms with Gasteiger partial charge in [-0.15, -0.1) is 0 Å². The number of rotatable bonds is 2. The van der Waals surface area contributed by atoms with Crippen molar-refractivity contribution in [3.63, 3.8) is 0 Å². The van der Waals surface area contributed by atoms with E-state index < -0.39 is 11.7 Å². The molecule has 0 fully saturated rings. The van der Waals surface area contributed by atoms with Gasteiger partial charge in [0.2, 0.25) is 0 Å². The molecule has 2 rings (SSSR count). The molecule has 5 heteroatoms. The third kappa shape index (κ3) is 2.18. The number of halogens is 1. The molecular weight excluding hydrogens is 221 g/mol. The summed E-state index contributed by atoms with van der Waals surface area (Å²) in [6.07, 6.45) is 1.59. The standard InChI is InChI=1S/C12H12FN3O/c1-7-4-3-5-9(10(7)13)12(17)15-11-8(2)6-14-16-11/h3-6H,1-2H3,(H2,14,15,16,17).